The van der Waals surface area contributed by atoms with Crippen molar-refractivity contribution in [3.63, 3.8) is 0 Å². The van der Waals surface area contributed by atoms with Gasteiger partial charge in [0, 0.05) is 19.1 Å². The van der Waals surface area contributed by atoms with Crippen LogP contribution in [0.25, 0.3) is 6.08 Å². The van der Waals surface area contributed by atoms with Crippen LogP contribution in [0.4, 0.5) is 4.79 Å². The molecule has 1 aliphatic rings. The Labute approximate surface area is 234 Å². The molecule has 5 heteroatoms. The molecule has 1 fully saturated rings. The highest BCUT2D eigenvalue weighted by Crippen LogP contribution is 2.35. The van der Waals surface area contributed by atoms with Crippen molar-refractivity contribution >= 4 is 12.2 Å². The molecule has 1 amide bonds. The SMILES string of the molecule is CC1(C)COC(C)(C)N1C(=O)OCCC[C@@H](/C=C/c1ccccc1)N(Cc1ccccc1)Cc1ccccc1. The zero-order chi connectivity index (χ0) is 27.7. The van der Waals surface area contributed by atoms with E-state index in [-0.39, 0.29) is 12.1 Å². The third-order valence-corrected chi connectivity index (χ3v) is 7.21. The Balaban J connectivity index is 1.48. The van der Waals surface area contributed by atoms with Crippen molar-refractivity contribution in [3.8, 4) is 0 Å². The minimum absolute atomic E-state index is 0.160. The van der Waals surface area contributed by atoms with E-state index < -0.39 is 11.3 Å². The lowest BCUT2D eigenvalue weighted by molar-refractivity contribution is -0.0520. The van der Waals surface area contributed by atoms with Crippen molar-refractivity contribution < 1.29 is 14.3 Å². The molecular formula is C34H42N2O3. The van der Waals surface area contributed by atoms with Gasteiger partial charge in [-0.15, -0.1) is 0 Å². The van der Waals surface area contributed by atoms with Crippen LogP contribution in [0, 0.1) is 0 Å². The molecule has 0 spiro atoms. The zero-order valence-electron chi connectivity index (χ0n) is 23.8. The average Bonchev–Trinajstić information content (AvgIpc) is 3.16. The Morgan fingerprint density at radius 2 is 1.44 bits per heavy atom. The molecule has 0 saturated carbocycles. The standard InChI is InChI=1S/C34H42N2O3/c1-33(2)27-39-34(3,4)36(33)32(37)38-24-14-21-31(23-22-28-15-8-5-9-16-28)35(25-29-17-10-6-11-18-29)26-30-19-12-7-13-20-30/h5-13,15-20,22-23,31H,14,21,24-27H2,1-4H3/b23-22+/t31-/m0/s1. The van der Waals surface area contributed by atoms with Crippen LogP contribution in [0.2, 0.25) is 0 Å². The smallest absolute Gasteiger partial charge is 0.412 e. The van der Waals surface area contributed by atoms with Crippen LogP contribution in [0.1, 0.15) is 57.2 Å². The molecule has 0 aliphatic carbocycles. The monoisotopic (exact) mass is 526 g/mol. The van der Waals surface area contributed by atoms with Gasteiger partial charge in [-0.2, -0.15) is 0 Å². The molecule has 1 saturated heterocycles. The van der Waals surface area contributed by atoms with Crippen LogP contribution < -0.4 is 0 Å². The molecule has 1 heterocycles. The van der Waals surface area contributed by atoms with E-state index >= 15 is 0 Å². The summed E-state index contributed by atoms with van der Waals surface area (Å²) in [6, 6.07) is 31.8. The van der Waals surface area contributed by atoms with E-state index in [1.54, 1.807) is 4.90 Å². The summed E-state index contributed by atoms with van der Waals surface area (Å²) in [5, 5.41) is 0. The van der Waals surface area contributed by atoms with Crippen LogP contribution in [0.3, 0.4) is 0 Å². The summed E-state index contributed by atoms with van der Waals surface area (Å²) in [5.74, 6) is 0. The van der Waals surface area contributed by atoms with Gasteiger partial charge in [-0.3, -0.25) is 9.80 Å². The first-order valence-corrected chi connectivity index (χ1v) is 13.9. The molecule has 0 bridgehead atoms. The third-order valence-electron chi connectivity index (χ3n) is 7.21. The van der Waals surface area contributed by atoms with Gasteiger partial charge in [0.25, 0.3) is 0 Å². The quantitative estimate of drug-likeness (QED) is 0.242. The summed E-state index contributed by atoms with van der Waals surface area (Å²) in [7, 11) is 0. The number of nitrogens with zero attached hydrogens (tertiary/aromatic N) is 2. The second-order valence-corrected chi connectivity index (χ2v) is 11.4. The molecule has 3 aromatic carbocycles. The molecule has 5 nitrogen and oxygen atoms in total. The third kappa shape index (κ3) is 8.04. The Bertz CT molecular complexity index is 1140. The van der Waals surface area contributed by atoms with Gasteiger partial charge in [0.1, 0.15) is 5.72 Å². The number of carbonyl (C=O) groups excluding carboxylic acids is 1. The molecule has 0 unspecified atom stereocenters. The number of rotatable bonds is 11. The van der Waals surface area contributed by atoms with Gasteiger partial charge in [-0.05, 0) is 57.2 Å². The predicted molar refractivity (Wildman–Crippen MR) is 158 cm³/mol. The van der Waals surface area contributed by atoms with Crippen LogP contribution >= 0.6 is 0 Å². The van der Waals surface area contributed by atoms with Gasteiger partial charge < -0.3 is 9.47 Å². The summed E-state index contributed by atoms with van der Waals surface area (Å²) < 4.78 is 11.7. The van der Waals surface area contributed by atoms with Crippen molar-refractivity contribution in [2.75, 3.05) is 13.2 Å². The van der Waals surface area contributed by atoms with Gasteiger partial charge in [-0.25, -0.2) is 4.79 Å². The van der Waals surface area contributed by atoms with E-state index in [9.17, 15) is 4.79 Å². The molecule has 1 aliphatic heterocycles. The minimum atomic E-state index is -0.677. The number of hydrogen-bond acceptors (Lipinski definition) is 4. The first-order valence-electron chi connectivity index (χ1n) is 13.9. The number of carbonyl (C=O) groups is 1. The second-order valence-electron chi connectivity index (χ2n) is 11.4. The van der Waals surface area contributed by atoms with Crippen molar-refractivity contribution in [1.29, 1.82) is 0 Å². The van der Waals surface area contributed by atoms with Gasteiger partial charge in [0.15, 0.2) is 0 Å². The lowest BCUT2D eigenvalue weighted by atomic mass is 10.0. The Morgan fingerprint density at radius 1 is 0.897 bits per heavy atom. The molecule has 0 N–H and O–H groups in total. The Morgan fingerprint density at radius 3 is 1.95 bits per heavy atom. The van der Waals surface area contributed by atoms with Crippen molar-refractivity contribution in [1.82, 2.24) is 9.80 Å². The largest absolute Gasteiger partial charge is 0.449 e. The maximum absolute atomic E-state index is 13.0. The van der Waals surface area contributed by atoms with E-state index in [4.69, 9.17) is 9.47 Å². The fourth-order valence-corrected chi connectivity index (χ4v) is 5.31. The van der Waals surface area contributed by atoms with E-state index in [0.717, 1.165) is 25.9 Å². The zero-order valence-corrected chi connectivity index (χ0v) is 23.8. The summed E-state index contributed by atoms with van der Waals surface area (Å²) in [6.07, 6.45) is 5.80. The van der Waals surface area contributed by atoms with E-state index in [1.807, 2.05) is 33.8 Å². The van der Waals surface area contributed by atoms with Gasteiger partial charge in [-0.1, -0.05) is 103 Å². The fraction of sp³-hybridized carbons (Fsp3) is 0.382. The summed E-state index contributed by atoms with van der Waals surface area (Å²) >= 11 is 0. The molecule has 3 aromatic rings. The molecule has 4 rings (SSSR count). The fourth-order valence-electron chi connectivity index (χ4n) is 5.31. The average molecular weight is 527 g/mol. The number of ether oxygens (including phenoxy) is 2. The Hall–Kier alpha value is -3.41. The minimum Gasteiger partial charge on any atom is -0.449 e. The van der Waals surface area contributed by atoms with Crippen molar-refractivity contribution in [3.05, 3.63) is 114 Å². The van der Waals surface area contributed by atoms with E-state index in [0.29, 0.717) is 13.2 Å². The van der Waals surface area contributed by atoms with E-state index in [2.05, 4.69) is 102 Å². The highest BCUT2D eigenvalue weighted by molar-refractivity contribution is 5.70. The lowest BCUT2D eigenvalue weighted by Crippen LogP contribution is -2.52. The number of hydrogen-bond donors (Lipinski definition) is 0. The number of benzene rings is 3. The van der Waals surface area contributed by atoms with Crippen LogP contribution in [-0.2, 0) is 22.6 Å². The summed E-state index contributed by atoms with van der Waals surface area (Å²) in [6.45, 7) is 10.4. The van der Waals surface area contributed by atoms with Gasteiger partial charge in [0.2, 0.25) is 0 Å². The summed E-state index contributed by atoms with van der Waals surface area (Å²) in [4.78, 5) is 17.3. The van der Waals surface area contributed by atoms with Crippen LogP contribution in [-0.4, -0.2) is 46.4 Å². The summed E-state index contributed by atoms with van der Waals surface area (Å²) in [5.41, 5.74) is 2.65. The maximum Gasteiger partial charge on any atom is 0.412 e. The van der Waals surface area contributed by atoms with Crippen molar-refractivity contribution in [2.45, 2.75) is 70.9 Å². The van der Waals surface area contributed by atoms with E-state index in [1.165, 1.54) is 16.7 Å². The second kappa shape index (κ2) is 13.1. The molecule has 39 heavy (non-hydrogen) atoms. The highest BCUT2D eigenvalue weighted by Gasteiger charge is 2.49. The first kappa shape index (κ1) is 28.6. The normalized spacial score (nSPS) is 17.0. The first-order chi connectivity index (χ1) is 18.7. The highest BCUT2D eigenvalue weighted by atomic mass is 16.6. The lowest BCUT2D eigenvalue weighted by Gasteiger charge is -2.36. The Kier molecular flexibility index (Phi) is 9.60. The molecular weight excluding hydrogens is 484 g/mol. The van der Waals surface area contributed by atoms with Gasteiger partial charge >= 0.3 is 6.09 Å². The van der Waals surface area contributed by atoms with Crippen LogP contribution in [0.15, 0.2) is 97.1 Å². The number of amides is 1. The molecule has 1 atom stereocenters. The molecule has 0 aromatic heterocycles. The predicted octanol–water partition coefficient (Wildman–Crippen LogP) is 7.53. The van der Waals surface area contributed by atoms with Crippen molar-refractivity contribution in [2.24, 2.45) is 0 Å². The molecule has 0 radical (unpaired) electrons. The topological polar surface area (TPSA) is 42.0 Å². The molecule has 206 valence electrons. The maximum atomic E-state index is 13.0. The van der Waals surface area contributed by atoms with Gasteiger partial charge in [0.05, 0.1) is 18.8 Å². The van der Waals surface area contributed by atoms with Crippen LogP contribution in [0.5, 0.6) is 0 Å².